The van der Waals surface area contributed by atoms with Crippen LogP contribution in [0.15, 0.2) is 19.5 Å². The Bertz CT molecular complexity index is 822. The minimum absolute atomic E-state index is 0.114. The topological polar surface area (TPSA) is 179 Å². The summed E-state index contributed by atoms with van der Waals surface area (Å²) in [6.07, 6.45) is -0.115. The molecule has 2 atom stereocenters. The van der Waals surface area contributed by atoms with Crippen LogP contribution in [0.1, 0.15) is 18.0 Å². The maximum absolute atomic E-state index is 12.4. The summed E-state index contributed by atoms with van der Waals surface area (Å²) in [6, 6.07) is 0.319. The van der Waals surface area contributed by atoms with E-state index in [0.29, 0.717) is 11.3 Å². The van der Waals surface area contributed by atoms with Gasteiger partial charge in [-0.2, -0.15) is 0 Å². The molecule has 2 heterocycles. The molecule has 0 aliphatic carbocycles. The molecule has 0 fully saturated rings. The number of sulfonamides is 1. The van der Waals surface area contributed by atoms with E-state index in [-0.39, 0.29) is 20.4 Å². The van der Waals surface area contributed by atoms with Crippen LogP contribution in [0.4, 0.5) is 0 Å². The summed E-state index contributed by atoms with van der Waals surface area (Å²) in [6.45, 7) is 2.52. The first-order valence-electron chi connectivity index (χ1n) is 6.13. The third-order valence-electron chi connectivity index (χ3n) is 3.20. The van der Waals surface area contributed by atoms with Gasteiger partial charge >= 0.3 is 0 Å². The highest BCUT2D eigenvalue weighted by Crippen LogP contribution is 2.42. The summed E-state index contributed by atoms with van der Waals surface area (Å²) in [4.78, 5) is 3.53. The zero-order chi connectivity index (χ0) is 17.6. The Morgan fingerprint density at radius 3 is 2.57 bits per heavy atom. The largest absolute Gasteiger partial charge is 0.343 e. The average Bonchev–Trinajstić information content (AvgIpc) is 2.83. The van der Waals surface area contributed by atoms with Crippen LogP contribution in [-0.4, -0.2) is 56.8 Å². The lowest BCUT2D eigenvalue weighted by molar-refractivity contribution is -0.307. The van der Waals surface area contributed by atoms with E-state index < -0.39 is 43.8 Å². The molecule has 2 rings (SSSR count). The van der Waals surface area contributed by atoms with Gasteiger partial charge in [-0.25, -0.2) is 22.0 Å². The maximum Gasteiger partial charge on any atom is 0.288 e. The summed E-state index contributed by atoms with van der Waals surface area (Å²) < 4.78 is 47.1. The summed E-state index contributed by atoms with van der Waals surface area (Å²) in [7, 11) is -8.02. The number of hydrogen-bond acceptors (Lipinski definition) is 10. The highest BCUT2D eigenvalue weighted by molar-refractivity contribution is 7.95. The molecule has 0 spiro atoms. The number of nitrogens with one attached hydrogen (secondary N) is 1. The number of rotatable bonds is 5. The van der Waals surface area contributed by atoms with E-state index in [1.54, 1.807) is 0 Å². The summed E-state index contributed by atoms with van der Waals surface area (Å²) in [5, 5.41) is 33.2. The molecule has 1 aromatic heterocycles. The van der Waals surface area contributed by atoms with Gasteiger partial charge in [0.2, 0.25) is 19.9 Å². The Morgan fingerprint density at radius 1 is 1.48 bits per heavy atom. The second-order valence-corrected chi connectivity index (χ2v) is 10.1. The molecule has 0 saturated carbocycles. The van der Waals surface area contributed by atoms with Crippen LogP contribution in [0.2, 0.25) is 0 Å². The quantitative estimate of drug-likeness (QED) is 0.281. The van der Waals surface area contributed by atoms with E-state index in [1.165, 1.54) is 0 Å². The molecular weight excluding hydrogens is 370 g/mol. The number of nitrogens with two attached hydrogens (primary N) is 1. The molecule has 0 amide bonds. The van der Waals surface area contributed by atoms with E-state index in [2.05, 4.69) is 17.0 Å². The monoisotopic (exact) mass is 385 g/mol. The normalized spacial score (nSPS) is 24.2. The third-order valence-corrected chi connectivity index (χ3v) is 8.32. The van der Waals surface area contributed by atoms with Crippen LogP contribution in [0.3, 0.4) is 0 Å². The first-order valence-corrected chi connectivity index (χ1v) is 10.0. The number of primary sulfonamides is 1. The van der Waals surface area contributed by atoms with Gasteiger partial charge < -0.3 is 20.6 Å². The molecule has 1 aliphatic heterocycles. The molecule has 23 heavy (non-hydrogen) atoms. The second-order valence-electron chi connectivity index (χ2n) is 4.98. The number of thiophene rings is 1. The molecule has 0 bridgehead atoms. The van der Waals surface area contributed by atoms with Gasteiger partial charge in [0.25, 0.3) is 5.97 Å². The van der Waals surface area contributed by atoms with E-state index in [1.807, 2.05) is 0 Å². The number of sulfone groups is 1. The zero-order valence-corrected chi connectivity index (χ0v) is 14.0. The van der Waals surface area contributed by atoms with Crippen molar-refractivity contribution in [2.24, 2.45) is 10.1 Å². The van der Waals surface area contributed by atoms with Crippen molar-refractivity contribution in [1.82, 2.24) is 5.32 Å². The molecule has 6 N–H and O–H groups in total. The predicted octanol–water partition coefficient (Wildman–Crippen LogP) is -2.14. The molecule has 0 radical (unpaired) electrons. The first-order chi connectivity index (χ1) is 10.4. The molecule has 1 aliphatic rings. The molecular formula is C10H15N3O7S3. The van der Waals surface area contributed by atoms with E-state index >= 15 is 0 Å². The lowest BCUT2D eigenvalue weighted by Crippen LogP contribution is -2.43. The minimum Gasteiger partial charge on any atom is -0.343 e. The second kappa shape index (κ2) is 5.86. The highest BCUT2D eigenvalue weighted by atomic mass is 32.3. The molecule has 10 nitrogen and oxygen atoms in total. The van der Waals surface area contributed by atoms with E-state index in [4.69, 9.17) is 20.5 Å². The lowest BCUT2D eigenvalue weighted by Gasteiger charge is -2.29. The van der Waals surface area contributed by atoms with Crippen molar-refractivity contribution < 1.29 is 32.2 Å². The summed E-state index contributed by atoms with van der Waals surface area (Å²) >= 11 is 0.489. The zero-order valence-electron chi connectivity index (χ0n) is 11.6. The van der Waals surface area contributed by atoms with Crippen molar-refractivity contribution in [3.63, 3.8) is 0 Å². The van der Waals surface area contributed by atoms with Crippen LogP contribution >= 0.6 is 11.3 Å². The van der Waals surface area contributed by atoms with Crippen molar-refractivity contribution in [3.8, 4) is 0 Å². The molecule has 2 unspecified atom stereocenters. The van der Waals surface area contributed by atoms with Gasteiger partial charge in [-0.3, -0.25) is 4.99 Å². The van der Waals surface area contributed by atoms with Crippen LogP contribution in [0.5, 0.6) is 0 Å². The fraction of sp³-hybridized carbons (Fsp3) is 0.500. The first kappa shape index (κ1) is 18.4. The van der Waals surface area contributed by atoms with Gasteiger partial charge in [-0.1, -0.05) is 0 Å². The van der Waals surface area contributed by atoms with Crippen molar-refractivity contribution in [2.45, 2.75) is 32.2 Å². The molecule has 13 heteroatoms. The van der Waals surface area contributed by atoms with Gasteiger partial charge in [0.05, 0.1) is 6.54 Å². The number of fused-ring (bicyclic) bond motifs is 1. The average molecular weight is 385 g/mol. The molecule has 0 aromatic carbocycles. The van der Waals surface area contributed by atoms with Crippen molar-refractivity contribution in [1.29, 1.82) is 0 Å². The number of aliphatic hydroxyl groups is 3. The Balaban J connectivity index is 2.53. The van der Waals surface area contributed by atoms with Crippen molar-refractivity contribution in [2.75, 3.05) is 6.54 Å². The SMILES string of the molecule is C=NC1CC(NCC(O)(O)O)c2cc(S(N)(=O)=O)sc2S1(=O)=O. The van der Waals surface area contributed by atoms with Gasteiger partial charge in [-0.05, 0) is 12.8 Å². The number of hydrogen-bond donors (Lipinski definition) is 5. The number of aliphatic imine (C=N–C) groups is 1. The van der Waals surface area contributed by atoms with Gasteiger partial charge in [0.1, 0.15) is 8.42 Å². The van der Waals surface area contributed by atoms with E-state index in [0.717, 1.165) is 6.07 Å². The van der Waals surface area contributed by atoms with Gasteiger partial charge in [-0.15, -0.1) is 11.3 Å². The van der Waals surface area contributed by atoms with Gasteiger partial charge in [0, 0.05) is 18.0 Å². The molecule has 0 saturated heterocycles. The van der Waals surface area contributed by atoms with Crippen LogP contribution in [-0.2, 0) is 19.9 Å². The smallest absolute Gasteiger partial charge is 0.288 e. The molecule has 130 valence electrons. The van der Waals surface area contributed by atoms with E-state index in [9.17, 15) is 16.8 Å². The third kappa shape index (κ3) is 3.77. The number of nitrogens with zero attached hydrogens (tertiary/aromatic N) is 1. The molecule has 1 aromatic rings. The van der Waals surface area contributed by atoms with Crippen molar-refractivity contribution in [3.05, 3.63) is 11.6 Å². The van der Waals surface area contributed by atoms with Gasteiger partial charge in [0.15, 0.2) is 5.37 Å². The van der Waals surface area contributed by atoms with Crippen LogP contribution in [0, 0.1) is 0 Å². The summed E-state index contributed by atoms with van der Waals surface area (Å²) in [5.41, 5.74) is 0.114. The Labute approximate surface area is 136 Å². The Hall–Kier alpha value is -0.930. The minimum atomic E-state index is -4.11. The lowest BCUT2D eigenvalue weighted by atomic mass is 10.1. The van der Waals surface area contributed by atoms with Crippen LogP contribution in [0.25, 0.3) is 0 Å². The van der Waals surface area contributed by atoms with Crippen LogP contribution < -0.4 is 10.5 Å². The highest BCUT2D eigenvalue weighted by Gasteiger charge is 2.41. The predicted molar refractivity (Wildman–Crippen MR) is 81.0 cm³/mol. The summed E-state index contributed by atoms with van der Waals surface area (Å²) in [5.74, 6) is -3.01. The Morgan fingerprint density at radius 2 is 2.09 bits per heavy atom. The van der Waals surface area contributed by atoms with Crippen molar-refractivity contribution >= 4 is 37.9 Å². The Kier molecular flexibility index (Phi) is 4.69. The maximum atomic E-state index is 12.4. The fourth-order valence-electron chi connectivity index (χ4n) is 2.18. The standard InChI is InChI=1S/C10H15N3O7S3/c1-12-7-3-6(13-4-10(14,15)16)5-2-8(23(11,19)20)21-9(5)22(7,17)18/h2,6-7,13-16H,1,3-4H2,(H2,11,19,20). The fourth-order valence-corrected chi connectivity index (χ4v) is 6.51.